The third-order valence-corrected chi connectivity index (χ3v) is 6.03. The molecule has 0 saturated heterocycles. The first-order valence-corrected chi connectivity index (χ1v) is 11.3. The summed E-state index contributed by atoms with van der Waals surface area (Å²) in [5.41, 5.74) is 2.35. The van der Waals surface area contributed by atoms with Crippen LogP contribution in [0.15, 0.2) is 64.0 Å². The van der Waals surface area contributed by atoms with Gasteiger partial charge in [0.25, 0.3) is 11.5 Å². The summed E-state index contributed by atoms with van der Waals surface area (Å²) in [6.45, 7) is 3.92. The van der Waals surface area contributed by atoms with Gasteiger partial charge in [0.1, 0.15) is 28.3 Å². The van der Waals surface area contributed by atoms with Crippen LogP contribution in [0.4, 0.5) is 5.82 Å². The standard InChI is InChI=1S/C26H24N6O4/c1-15-5-4-11-32-23(15)29-24-20(26(32)34)14-19(25(33)28-21-13-16(2)36-30-21)22(27)31(24)12-10-17-6-8-18(35-3)9-7-17/h4-9,11,13-14,27H,10,12H2,1-3H3,(H,28,30,33). The molecule has 2 N–H and O–H groups in total. The largest absolute Gasteiger partial charge is 0.497 e. The van der Waals surface area contributed by atoms with Gasteiger partial charge in [-0.05, 0) is 55.7 Å². The topological polar surface area (TPSA) is 128 Å². The number of hydrogen-bond acceptors (Lipinski definition) is 7. The number of methoxy groups -OCH3 is 1. The predicted molar refractivity (Wildman–Crippen MR) is 133 cm³/mol. The van der Waals surface area contributed by atoms with Gasteiger partial charge in [0, 0.05) is 18.8 Å². The molecule has 1 aromatic carbocycles. The van der Waals surface area contributed by atoms with Crippen molar-refractivity contribution in [1.82, 2.24) is 19.1 Å². The van der Waals surface area contributed by atoms with Gasteiger partial charge in [-0.1, -0.05) is 23.4 Å². The molecule has 4 heterocycles. The molecule has 5 aromatic rings. The van der Waals surface area contributed by atoms with Gasteiger partial charge in [-0.3, -0.25) is 19.4 Å². The lowest BCUT2D eigenvalue weighted by molar-refractivity contribution is 0.102. The minimum Gasteiger partial charge on any atom is -0.497 e. The monoisotopic (exact) mass is 484 g/mol. The van der Waals surface area contributed by atoms with Crippen molar-refractivity contribution in [2.24, 2.45) is 0 Å². The number of carbonyl (C=O) groups is 1. The maximum atomic E-state index is 13.5. The fourth-order valence-corrected chi connectivity index (χ4v) is 4.13. The second-order valence-corrected chi connectivity index (χ2v) is 8.47. The van der Waals surface area contributed by atoms with E-state index in [-0.39, 0.29) is 27.8 Å². The Kier molecular flexibility index (Phi) is 5.85. The molecule has 0 aliphatic carbocycles. The number of rotatable bonds is 6. The number of aromatic nitrogens is 4. The Morgan fingerprint density at radius 1 is 1.14 bits per heavy atom. The molecule has 182 valence electrons. The highest BCUT2D eigenvalue weighted by atomic mass is 16.5. The number of nitrogens with zero attached hydrogens (tertiary/aromatic N) is 4. The molecule has 0 aliphatic rings. The zero-order valence-corrected chi connectivity index (χ0v) is 20.0. The molecule has 36 heavy (non-hydrogen) atoms. The zero-order chi connectivity index (χ0) is 25.4. The second kappa shape index (κ2) is 9.14. The summed E-state index contributed by atoms with van der Waals surface area (Å²) in [5.74, 6) is 0.943. The molecule has 0 unspecified atom stereocenters. The van der Waals surface area contributed by atoms with Crippen molar-refractivity contribution < 1.29 is 14.1 Å². The van der Waals surface area contributed by atoms with Crippen molar-refractivity contribution in [2.45, 2.75) is 26.8 Å². The van der Waals surface area contributed by atoms with Gasteiger partial charge in [-0.2, -0.15) is 0 Å². The normalized spacial score (nSPS) is 11.2. The summed E-state index contributed by atoms with van der Waals surface area (Å²) >= 11 is 0. The number of fused-ring (bicyclic) bond motifs is 2. The maximum absolute atomic E-state index is 13.5. The minimum atomic E-state index is -0.567. The Morgan fingerprint density at radius 3 is 2.61 bits per heavy atom. The highest BCUT2D eigenvalue weighted by molar-refractivity contribution is 6.05. The number of pyridine rings is 2. The molecule has 10 nitrogen and oxygen atoms in total. The van der Waals surface area contributed by atoms with Crippen molar-refractivity contribution in [3.63, 3.8) is 0 Å². The van der Waals surface area contributed by atoms with E-state index in [1.165, 1.54) is 10.5 Å². The molecule has 5 rings (SSSR count). The van der Waals surface area contributed by atoms with Crippen LogP contribution in [-0.2, 0) is 13.0 Å². The molecule has 1 amide bonds. The molecule has 10 heteroatoms. The number of carbonyl (C=O) groups excluding carboxylic acids is 1. The molecule has 0 bridgehead atoms. The Labute approximate surface area is 205 Å². The number of aryl methyl sites for hydroxylation is 4. The fourth-order valence-electron chi connectivity index (χ4n) is 4.13. The first-order chi connectivity index (χ1) is 17.4. The zero-order valence-electron chi connectivity index (χ0n) is 20.0. The predicted octanol–water partition coefficient (Wildman–Crippen LogP) is 3.24. The van der Waals surface area contributed by atoms with Crippen LogP contribution in [0.3, 0.4) is 0 Å². The van der Waals surface area contributed by atoms with E-state index in [1.54, 1.807) is 36.9 Å². The van der Waals surface area contributed by atoms with Crippen LogP contribution >= 0.6 is 0 Å². The average molecular weight is 485 g/mol. The van der Waals surface area contributed by atoms with Gasteiger partial charge in [-0.15, -0.1) is 0 Å². The van der Waals surface area contributed by atoms with Crippen LogP contribution in [0.25, 0.3) is 16.7 Å². The van der Waals surface area contributed by atoms with Crippen LogP contribution in [-0.4, -0.2) is 32.1 Å². The van der Waals surface area contributed by atoms with E-state index < -0.39 is 5.91 Å². The highest BCUT2D eigenvalue weighted by Gasteiger charge is 2.19. The summed E-state index contributed by atoms with van der Waals surface area (Å²) in [6.07, 6.45) is 2.20. The highest BCUT2D eigenvalue weighted by Crippen LogP contribution is 2.16. The number of anilines is 1. The Balaban J connectivity index is 1.66. The Hall–Kier alpha value is -4.73. The molecular weight excluding hydrogens is 460 g/mol. The average Bonchev–Trinajstić information content (AvgIpc) is 3.28. The van der Waals surface area contributed by atoms with Gasteiger partial charge in [-0.25, -0.2) is 4.98 Å². The first-order valence-electron chi connectivity index (χ1n) is 11.3. The van der Waals surface area contributed by atoms with Crippen molar-refractivity contribution in [3.8, 4) is 5.75 Å². The Morgan fingerprint density at radius 2 is 1.92 bits per heavy atom. The van der Waals surface area contributed by atoms with Crippen LogP contribution in [0.2, 0.25) is 0 Å². The van der Waals surface area contributed by atoms with Gasteiger partial charge in [0.2, 0.25) is 0 Å². The van der Waals surface area contributed by atoms with E-state index in [1.807, 2.05) is 37.3 Å². The lowest BCUT2D eigenvalue weighted by Crippen LogP contribution is -2.32. The summed E-state index contributed by atoms with van der Waals surface area (Å²) in [6, 6.07) is 14.3. The maximum Gasteiger partial charge on any atom is 0.267 e. The van der Waals surface area contributed by atoms with E-state index in [2.05, 4.69) is 10.5 Å². The van der Waals surface area contributed by atoms with Crippen molar-refractivity contribution in [1.29, 1.82) is 5.41 Å². The lowest BCUT2D eigenvalue weighted by atomic mass is 10.1. The van der Waals surface area contributed by atoms with Gasteiger partial charge >= 0.3 is 0 Å². The van der Waals surface area contributed by atoms with Crippen molar-refractivity contribution in [2.75, 3.05) is 12.4 Å². The number of nitrogens with one attached hydrogen (secondary N) is 2. The molecule has 0 radical (unpaired) electrons. The van der Waals surface area contributed by atoms with E-state index in [0.717, 1.165) is 16.9 Å². The lowest BCUT2D eigenvalue weighted by Gasteiger charge is -2.15. The summed E-state index contributed by atoms with van der Waals surface area (Å²) < 4.78 is 13.3. The quantitative estimate of drug-likeness (QED) is 0.356. The van der Waals surface area contributed by atoms with Crippen LogP contribution < -0.4 is 21.1 Å². The smallest absolute Gasteiger partial charge is 0.267 e. The molecule has 0 spiro atoms. The van der Waals surface area contributed by atoms with E-state index >= 15 is 0 Å². The third kappa shape index (κ3) is 4.13. The summed E-state index contributed by atoms with van der Waals surface area (Å²) in [5, 5.41) is 15.6. The van der Waals surface area contributed by atoms with Crippen LogP contribution in [0.5, 0.6) is 5.75 Å². The van der Waals surface area contributed by atoms with Gasteiger partial charge in [0.15, 0.2) is 5.82 Å². The van der Waals surface area contributed by atoms with Crippen molar-refractivity contribution >= 4 is 28.4 Å². The number of hydrogen-bond donors (Lipinski definition) is 2. The number of benzene rings is 1. The third-order valence-electron chi connectivity index (χ3n) is 6.03. The number of ether oxygens (including phenoxy) is 1. The molecule has 4 aromatic heterocycles. The molecular formula is C26H24N6O4. The van der Waals surface area contributed by atoms with Crippen LogP contribution in [0, 0.1) is 19.3 Å². The minimum absolute atomic E-state index is 0.0318. The summed E-state index contributed by atoms with van der Waals surface area (Å²) in [7, 11) is 1.61. The molecule has 0 aliphatic heterocycles. The molecule has 0 fully saturated rings. The first kappa shape index (κ1) is 23.0. The SMILES string of the molecule is COc1ccc(CCn2c(=N)c(C(=O)Nc3cc(C)on3)cc3c(=O)n4cccc(C)c4nc32)cc1. The molecule has 0 atom stereocenters. The van der Waals surface area contributed by atoms with Crippen LogP contribution in [0.1, 0.15) is 27.2 Å². The van der Waals surface area contributed by atoms with Crippen molar-refractivity contribution in [3.05, 3.63) is 93.0 Å². The fraction of sp³-hybridized carbons (Fsp3) is 0.192. The van der Waals surface area contributed by atoms with Gasteiger partial charge < -0.3 is 19.1 Å². The van der Waals surface area contributed by atoms with E-state index in [9.17, 15) is 9.59 Å². The summed E-state index contributed by atoms with van der Waals surface area (Å²) in [4.78, 5) is 31.4. The molecule has 0 saturated carbocycles. The van der Waals surface area contributed by atoms with Gasteiger partial charge in [0.05, 0.1) is 18.1 Å². The van der Waals surface area contributed by atoms with E-state index in [0.29, 0.717) is 30.0 Å². The van der Waals surface area contributed by atoms with E-state index in [4.69, 9.17) is 19.7 Å². The second-order valence-electron chi connectivity index (χ2n) is 8.47. The Bertz CT molecular complexity index is 1730. The number of amides is 1.